The zero-order chi connectivity index (χ0) is 20.8. The minimum Gasteiger partial charge on any atom is -0.497 e. The first kappa shape index (κ1) is 20.6. The van der Waals surface area contributed by atoms with E-state index >= 15 is 0 Å². The maximum atomic E-state index is 12.6. The van der Waals surface area contributed by atoms with Gasteiger partial charge in [-0.05, 0) is 43.5 Å². The van der Waals surface area contributed by atoms with E-state index in [1.54, 1.807) is 44.4 Å². The van der Waals surface area contributed by atoms with Crippen molar-refractivity contribution in [2.24, 2.45) is 0 Å². The molecule has 2 aromatic carbocycles. The highest BCUT2D eigenvalue weighted by Gasteiger charge is 2.22. The zero-order valence-corrected chi connectivity index (χ0v) is 16.7. The van der Waals surface area contributed by atoms with Crippen LogP contribution in [0.25, 0.3) is 11.1 Å². The van der Waals surface area contributed by atoms with Gasteiger partial charge in [0.05, 0.1) is 12.0 Å². The van der Waals surface area contributed by atoms with Crippen molar-refractivity contribution in [1.29, 1.82) is 0 Å². The number of methoxy groups -OCH3 is 1. The number of nitro groups is 1. The van der Waals surface area contributed by atoms with E-state index in [4.69, 9.17) is 9.47 Å². The number of benzene rings is 2. The standard InChI is InChI=1S/C22H26N2O5/c1-15(22(25)23-17-6-4-3-5-7-17)29-21-13-10-18(24(26)27)14-20(21)16-8-11-19(28-2)12-9-16/h8-15,17H,3-7H2,1-2H3,(H,23,25)/t15-/m1/s1. The minimum absolute atomic E-state index is 0.0394. The maximum Gasteiger partial charge on any atom is 0.270 e. The highest BCUT2D eigenvalue weighted by molar-refractivity contribution is 5.82. The molecule has 1 atom stereocenters. The first-order valence-electron chi connectivity index (χ1n) is 9.88. The van der Waals surface area contributed by atoms with Crippen LogP contribution in [0.2, 0.25) is 0 Å². The van der Waals surface area contributed by atoms with Gasteiger partial charge in [-0.25, -0.2) is 0 Å². The Morgan fingerprint density at radius 1 is 1.14 bits per heavy atom. The Morgan fingerprint density at radius 2 is 1.83 bits per heavy atom. The number of hydrogen-bond acceptors (Lipinski definition) is 5. The quantitative estimate of drug-likeness (QED) is 0.548. The largest absolute Gasteiger partial charge is 0.497 e. The van der Waals surface area contributed by atoms with Crippen molar-refractivity contribution in [2.45, 2.75) is 51.2 Å². The van der Waals surface area contributed by atoms with Crippen LogP contribution in [0, 0.1) is 10.1 Å². The maximum absolute atomic E-state index is 12.6. The van der Waals surface area contributed by atoms with E-state index in [1.807, 2.05) is 0 Å². The van der Waals surface area contributed by atoms with Crippen LogP contribution in [0.4, 0.5) is 5.69 Å². The lowest BCUT2D eigenvalue weighted by atomic mass is 9.95. The molecule has 0 radical (unpaired) electrons. The third-order valence-corrected chi connectivity index (χ3v) is 5.20. The molecule has 0 aromatic heterocycles. The van der Waals surface area contributed by atoms with E-state index in [1.165, 1.54) is 18.6 Å². The average molecular weight is 398 g/mol. The number of non-ortho nitro benzene ring substituents is 1. The highest BCUT2D eigenvalue weighted by atomic mass is 16.6. The molecule has 7 heteroatoms. The van der Waals surface area contributed by atoms with Crippen LogP contribution in [-0.2, 0) is 4.79 Å². The molecule has 0 unspecified atom stereocenters. The normalized spacial score (nSPS) is 15.4. The number of amides is 1. The van der Waals surface area contributed by atoms with E-state index in [9.17, 15) is 14.9 Å². The average Bonchev–Trinajstić information content (AvgIpc) is 2.74. The second-order valence-electron chi connectivity index (χ2n) is 7.27. The summed E-state index contributed by atoms with van der Waals surface area (Å²) in [6, 6.07) is 11.7. The highest BCUT2D eigenvalue weighted by Crippen LogP contribution is 2.35. The summed E-state index contributed by atoms with van der Waals surface area (Å²) >= 11 is 0. The second-order valence-corrected chi connectivity index (χ2v) is 7.27. The first-order valence-corrected chi connectivity index (χ1v) is 9.88. The fourth-order valence-electron chi connectivity index (χ4n) is 3.54. The van der Waals surface area contributed by atoms with Crippen LogP contribution in [0.1, 0.15) is 39.0 Å². The van der Waals surface area contributed by atoms with Gasteiger partial charge in [-0.15, -0.1) is 0 Å². The summed E-state index contributed by atoms with van der Waals surface area (Å²) in [5.41, 5.74) is 1.26. The number of nitrogens with one attached hydrogen (secondary N) is 1. The summed E-state index contributed by atoms with van der Waals surface area (Å²) in [5, 5.41) is 14.3. The lowest BCUT2D eigenvalue weighted by molar-refractivity contribution is -0.384. The van der Waals surface area contributed by atoms with E-state index in [0.29, 0.717) is 17.1 Å². The zero-order valence-electron chi connectivity index (χ0n) is 16.7. The van der Waals surface area contributed by atoms with Crippen LogP contribution in [0.5, 0.6) is 11.5 Å². The predicted molar refractivity (Wildman–Crippen MR) is 110 cm³/mol. The smallest absolute Gasteiger partial charge is 0.270 e. The Kier molecular flexibility index (Phi) is 6.69. The van der Waals surface area contributed by atoms with Crippen molar-refractivity contribution in [3.05, 3.63) is 52.6 Å². The Hall–Kier alpha value is -3.09. The van der Waals surface area contributed by atoms with Gasteiger partial charge in [-0.1, -0.05) is 31.4 Å². The van der Waals surface area contributed by atoms with Crippen LogP contribution >= 0.6 is 0 Å². The molecule has 1 fully saturated rings. The van der Waals surface area contributed by atoms with E-state index in [-0.39, 0.29) is 17.6 Å². The lowest BCUT2D eigenvalue weighted by Gasteiger charge is -2.25. The van der Waals surface area contributed by atoms with Gasteiger partial charge in [-0.3, -0.25) is 14.9 Å². The monoisotopic (exact) mass is 398 g/mol. The summed E-state index contributed by atoms with van der Waals surface area (Å²) in [7, 11) is 1.57. The number of hydrogen-bond donors (Lipinski definition) is 1. The second kappa shape index (κ2) is 9.41. The molecule has 1 saturated carbocycles. The molecule has 1 amide bonds. The third kappa shape index (κ3) is 5.25. The summed E-state index contributed by atoms with van der Waals surface area (Å²) in [5.74, 6) is 0.935. The summed E-state index contributed by atoms with van der Waals surface area (Å²) in [4.78, 5) is 23.3. The molecule has 0 aliphatic heterocycles. The van der Waals surface area contributed by atoms with Crippen molar-refractivity contribution in [1.82, 2.24) is 5.32 Å². The van der Waals surface area contributed by atoms with Gasteiger partial charge in [0.15, 0.2) is 6.10 Å². The molecule has 0 spiro atoms. The Balaban J connectivity index is 1.81. The fraction of sp³-hybridized carbons (Fsp3) is 0.409. The molecular formula is C22H26N2O5. The van der Waals surface area contributed by atoms with Gasteiger partial charge in [0, 0.05) is 23.7 Å². The van der Waals surface area contributed by atoms with Crippen molar-refractivity contribution in [3.63, 3.8) is 0 Å². The van der Waals surface area contributed by atoms with Crippen molar-refractivity contribution < 1.29 is 19.2 Å². The van der Waals surface area contributed by atoms with Crippen molar-refractivity contribution >= 4 is 11.6 Å². The topological polar surface area (TPSA) is 90.7 Å². The molecule has 2 aromatic rings. The number of ether oxygens (including phenoxy) is 2. The molecule has 1 aliphatic carbocycles. The molecule has 154 valence electrons. The van der Waals surface area contributed by atoms with Crippen LogP contribution in [0.15, 0.2) is 42.5 Å². The Morgan fingerprint density at radius 3 is 2.45 bits per heavy atom. The molecular weight excluding hydrogens is 372 g/mol. The fourth-order valence-corrected chi connectivity index (χ4v) is 3.54. The van der Waals surface area contributed by atoms with Gasteiger partial charge < -0.3 is 14.8 Å². The number of nitrogens with zero attached hydrogens (tertiary/aromatic N) is 1. The van der Waals surface area contributed by atoms with Gasteiger partial charge in [0.2, 0.25) is 0 Å². The van der Waals surface area contributed by atoms with E-state index in [0.717, 1.165) is 31.2 Å². The molecule has 0 bridgehead atoms. The summed E-state index contributed by atoms with van der Waals surface area (Å²) in [6.45, 7) is 1.69. The van der Waals surface area contributed by atoms with E-state index < -0.39 is 11.0 Å². The van der Waals surface area contributed by atoms with E-state index in [2.05, 4.69) is 5.32 Å². The minimum atomic E-state index is -0.713. The third-order valence-electron chi connectivity index (χ3n) is 5.20. The lowest BCUT2D eigenvalue weighted by Crippen LogP contribution is -2.43. The number of rotatable bonds is 7. The molecule has 1 aliphatic rings. The van der Waals surface area contributed by atoms with Gasteiger partial charge in [-0.2, -0.15) is 0 Å². The first-order chi connectivity index (χ1) is 14.0. The van der Waals surface area contributed by atoms with Gasteiger partial charge in [0.1, 0.15) is 11.5 Å². The van der Waals surface area contributed by atoms with Crippen LogP contribution < -0.4 is 14.8 Å². The molecule has 7 nitrogen and oxygen atoms in total. The number of carbonyl (C=O) groups is 1. The number of carbonyl (C=O) groups excluding carboxylic acids is 1. The van der Waals surface area contributed by atoms with Crippen molar-refractivity contribution in [2.75, 3.05) is 7.11 Å². The van der Waals surface area contributed by atoms with Crippen molar-refractivity contribution in [3.8, 4) is 22.6 Å². The molecule has 29 heavy (non-hydrogen) atoms. The van der Waals surface area contributed by atoms with Gasteiger partial charge in [0.25, 0.3) is 11.6 Å². The van der Waals surface area contributed by atoms with Gasteiger partial charge >= 0.3 is 0 Å². The Labute approximate surface area is 170 Å². The SMILES string of the molecule is COc1ccc(-c2cc([N+](=O)[O-])ccc2O[C@H](C)C(=O)NC2CCCCC2)cc1. The predicted octanol–water partition coefficient (Wildman–Crippen LogP) is 4.49. The van der Waals surface area contributed by atoms with Crippen LogP contribution in [0.3, 0.4) is 0 Å². The summed E-state index contributed by atoms with van der Waals surface area (Å²) in [6.07, 6.45) is 4.75. The van der Waals surface area contributed by atoms with Crippen LogP contribution in [-0.4, -0.2) is 30.1 Å². The molecule has 0 heterocycles. The molecule has 0 saturated heterocycles. The Bertz CT molecular complexity index is 860. The summed E-state index contributed by atoms with van der Waals surface area (Å²) < 4.78 is 11.1. The number of nitro benzene ring substituents is 1. The molecule has 1 N–H and O–H groups in total. The molecule has 3 rings (SSSR count).